The van der Waals surface area contributed by atoms with E-state index < -0.39 is 41.7 Å². The highest BCUT2D eigenvalue weighted by molar-refractivity contribution is 5.73. The largest absolute Gasteiger partial charge is 0.444 e. The Labute approximate surface area is 184 Å². The van der Waals surface area contributed by atoms with E-state index in [4.69, 9.17) is 9.57 Å². The van der Waals surface area contributed by atoms with E-state index in [9.17, 15) is 22.8 Å². The molecule has 32 heavy (non-hydrogen) atoms. The lowest BCUT2D eigenvalue weighted by Crippen LogP contribution is -2.54. The van der Waals surface area contributed by atoms with E-state index in [1.54, 1.807) is 32.6 Å². The fourth-order valence-corrected chi connectivity index (χ4v) is 2.90. The molecule has 0 spiro atoms. The number of hydroxylamine groups is 1. The summed E-state index contributed by atoms with van der Waals surface area (Å²) < 4.78 is 43.3. The molecule has 0 saturated carbocycles. The number of hydrogen-bond acceptors (Lipinski definition) is 7. The number of halogens is 3. The van der Waals surface area contributed by atoms with Crippen molar-refractivity contribution in [1.29, 1.82) is 0 Å². The van der Waals surface area contributed by atoms with Gasteiger partial charge in [-0.05, 0) is 47.0 Å². The minimum absolute atomic E-state index is 0.0109. The molecular weight excluding hydrogens is 433 g/mol. The number of carbonyl (C=O) groups is 2. The average molecular weight is 462 g/mol. The van der Waals surface area contributed by atoms with Gasteiger partial charge >= 0.3 is 18.3 Å². The van der Waals surface area contributed by atoms with E-state index in [0.717, 1.165) is 25.2 Å². The molecule has 1 aliphatic heterocycles. The Bertz CT molecular complexity index is 770. The molecule has 3 amide bonds. The van der Waals surface area contributed by atoms with E-state index in [1.807, 2.05) is 0 Å². The monoisotopic (exact) mass is 462 g/mol. The molecule has 2 atom stereocenters. The number of anilines is 1. The molecule has 10 nitrogen and oxygen atoms in total. The Morgan fingerprint density at radius 2 is 1.88 bits per heavy atom. The van der Waals surface area contributed by atoms with Crippen LogP contribution in [0.2, 0.25) is 0 Å². The van der Waals surface area contributed by atoms with Gasteiger partial charge in [0.2, 0.25) is 5.95 Å². The van der Waals surface area contributed by atoms with Crippen LogP contribution in [0.15, 0.2) is 12.4 Å². The summed E-state index contributed by atoms with van der Waals surface area (Å²) in [5, 5.41) is 5.27. The Hall–Kier alpha value is -2.83. The standard InChI is InChI=1S/C19H29F3N6O4/c1-12(25-17(30)32-18(2,3)4)11-31-27-16(29)26-14-7-5-6-8-28(14)15-23-9-13(10-24-15)19(20,21)22/h9-10,12,14H,5-8,11H2,1-4H3,(H,25,30)(H2,26,27,29)/t12-,14?/m0/s1. The Morgan fingerprint density at radius 1 is 1.22 bits per heavy atom. The molecule has 1 aromatic rings. The molecule has 0 radical (unpaired) electrons. The predicted molar refractivity (Wildman–Crippen MR) is 108 cm³/mol. The molecule has 1 unspecified atom stereocenters. The van der Waals surface area contributed by atoms with Gasteiger partial charge in [0.05, 0.1) is 18.2 Å². The van der Waals surface area contributed by atoms with Gasteiger partial charge in [-0.1, -0.05) is 0 Å². The zero-order chi connectivity index (χ0) is 23.9. The van der Waals surface area contributed by atoms with Crippen molar-refractivity contribution in [3.63, 3.8) is 0 Å². The van der Waals surface area contributed by atoms with Crippen LogP contribution in [-0.2, 0) is 15.8 Å². The van der Waals surface area contributed by atoms with Gasteiger partial charge in [-0.2, -0.15) is 13.2 Å². The summed E-state index contributed by atoms with van der Waals surface area (Å²) >= 11 is 0. The summed E-state index contributed by atoms with van der Waals surface area (Å²) in [7, 11) is 0. The van der Waals surface area contributed by atoms with Crippen LogP contribution in [0, 0.1) is 0 Å². The zero-order valence-corrected chi connectivity index (χ0v) is 18.5. The van der Waals surface area contributed by atoms with E-state index in [1.165, 1.54) is 0 Å². The van der Waals surface area contributed by atoms with E-state index in [-0.39, 0.29) is 12.6 Å². The molecule has 0 aliphatic carbocycles. The number of nitrogens with one attached hydrogen (secondary N) is 3. The van der Waals surface area contributed by atoms with Crippen molar-refractivity contribution in [2.24, 2.45) is 0 Å². The highest BCUT2D eigenvalue weighted by Gasteiger charge is 2.32. The number of hydrogen-bond donors (Lipinski definition) is 3. The quantitative estimate of drug-likeness (QED) is 0.557. The summed E-state index contributed by atoms with van der Waals surface area (Å²) in [6.45, 7) is 7.36. The van der Waals surface area contributed by atoms with Crippen LogP contribution in [0.25, 0.3) is 0 Å². The third-order valence-electron chi connectivity index (χ3n) is 4.28. The van der Waals surface area contributed by atoms with Crippen molar-refractivity contribution in [3.05, 3.63) is 18.0 Å². The third kappa shape index (κ3) is 8.36. The van der Waals surface area contributed by atoms with Crippen LogP contribution in [0.1, 0.15) is 52.5 Å². The molecule has 0 bridgehead atoms. The minimum atomic E-state index is -4.52. The second-order valence-corrected chi connectivity index (χ2v) is 8.41. The molecule has 1 aliphatic rings. The lowest BCUT2D eigenvalue weighted by Gasteiger charge is -2.36. The number of nitrogens with zero attached hydrogens (tertiary/aromatic N) is 3. The Balaban J connectivity index is 1.82. The lowest BCUT2D eigenvalue weighted by atomic mass is 10.1. The number of ether oxygens (including phenoxy) is 1. The van der Waals surface area contributed by atoms with Gasteiger partial charge in [0.1, 0.15) is 11.8 Å². The summed E-state index contributed by atoms with van der Waals surface area (Å²) in [5.74, 6) is 0.0964. The average Bonchev–Trinajstić information content (AvgIpc) is 2.66. The maximum Gasteiger partial charge on any atom is 0.419 e. The SMILES string of the molecule is C[C@@H](CONC(=O)NC1CCCCN1c1ncc(C(F)(F)F)cn1)NC(=O)OC(C)(C)C. The number of alkyl carbamates (subject to hydrolysis) is 1. The van der Waals surface area contributed by atoms with Crippen LogP contribution in [0.5, 0.6) is 0 Å². The first-order chi connectivity index (χ1) is 14.8. The van der Waals surface area contributed by atoms with Crippen molar-refractivity contribution in [1.82, 2.24) is 26.1 Å². The highest BCUT2D eigenvalue weighted by Crippen LogP contribution is 2.29. The second-order valence-electron chi connectivity index (χ2n) is 8.41. The van der Waals surface area contributed by atoms with Crippen molar-refractivity contribution >= 4 is 18.1 Å². The number of urea groups is 1. The van der Waals surface area contributed by atoms with Crippen molar-refractivity contribution in [3.8, 4) is 0 Å². The summed E-state index contributed by atoms with van der Waals surface area (Å²) in [6.07, 6.45) is -2.03. The fraction of sp³-hybridized carbons (Fsp3) is 0.684. The molecule has 2 heterocycles. The van der Waals surface area contributed by atoms with E-state index in [2.05, 4.69) is 26.1 Å². The number of alkyl halides is 3. The summed E-state index contributed by atoms with van der Waals surface area (Å²) in [4.78, 5) is 38.3. The molecule has 2 rings (SSSR count). The smallest absolute Gasteiger partial charge is 0.419 e. The molecule has 1 fully saturated rings. The Kier molecular flexibility index (Phi) is 8.47. The van der Waals surface area contributed by atoms with Crippen molar-refractivity contribution in [2.75, 3.05) is 18.1 Å². The van der Waals surface area contributed by atoms with Crippen LogP contribution in [0.4, 0.5) is 28.7 Å². The van der Waals surface area contributed by atoms with Gasteiger partial charge in [0.25, 0.3) is 0 Å². The number of carbonyl (C=O) groups excluding carboxylic acids is 2. The van der Waals surface area contributed by atoms with Gasteiger partial charge in [-0.25, -0.2) is 25.0 Å². The number of rotatable bonds is 6. The van der Waals surface area contributed by atoms with Crippen molar-refractivity contribution in [2.45, 2.75) is 70.9 Å². The summed E-state index contributed by atoms with van der Waals surface area (Å²) in [5.41, 5.74) is 0.650. The molecular formula is C19H29F3N6O4. The first-order valence-corrected chi connectivity index (χ1v) is 10.2. The van der Waals surface area contributed by atoms with E-state index in [0.29, 0.717) is 13.0 Å². The lowest BCUT2D eigenvalue weighted by molar-refractivity contribution is -0.138. The number of aromatic nitrogens is 2. The van der Waals surface area contributed by atoms with Crippen LogP contribution in [-0.4, -0.2) is 53.1 Å². The van der Waals surface area contributed by atoms with Gasteiger partial charge in [-0.15, -0.1) is 0 Å². The molecule has 1 saturated heterocycles. The normalized spacial score (nSPS) is 18.0. The zero-order valence-electron chi connectivity index (χ0n) is 18.5. The topological polar surface area (TPSA) is 118 Å². The molecule has 180 valence electrons. The number of amides is 3. The first kappa shape index (κ1) is 25.4. The maximum atomic E-state index is 12.7. The predicted octanol–water partition coefficient (Wildman–Crippen LogP) is 2.96. The highest BCUT2D eigenvalue weighted by atomic mass is 19.4. The van der Waals surface area contributed by atoms with Crippen LogP contribution >= 0.6 is 0 Å². The Morgan fingerprint density at radius 3 is 2.47 bits per heavy atom. The molecule has 1 aromatic heterocycles. The van der Waals surface area contributed by atoms with Gasteiger partial charge in [-0.3, -0.25) is 4.84 Å². The van der Waals surface area contributed by atoms with Gasteiger partial charge in [0, 0.05) is 18.9 Å². The minimum Gasteiger partial charge on any atom is -0.444 e. The molecule has 3 N–H and O–H groups in total. The number of piperidine rings is 1. The summed E-state index contributed by atoms with van der Waals surface area (Å²) in [6, 6.07) is -1.07. The second kappa shape index (κ2) is 10.7. The fourth-order valence-electron chi connectivity index (χ4n) is 2.90. The molecule has 13 heteroatoms. The third-order valence-corrected chi connectivity index (χ3v) is 4.28. The van der Waals surface area contributed by atoms with Gasteiger partial charge in [0.15, 0.2) is 0 Å². The first-order valence-electron chi connectivity index (χ1n) is 10.2. The maximum absolute atomic E-state index is 12.7. The van der Waals surface area contributed by atoms with E-state index >= 15 is 0 Å². The van der Waals surface area contributed by atoms with Crippen LogP contribution < -0.4 is 21.0 Å². The van der Waals surface area contributed by atoms with Gasteiger partial charge < -0.3 is 20.3 Å². The van der Waals surface area contributed by atoms with Crippen LogP contribution in [0.3, 0.4) is 0 Å². The molecule has 0 aromatic carbocycles. The van der Waals surface area contributed by atoms with Crippen molar-refractivity contribution < 1.29 is 32.3 Å².